The molecule has 1 heterocycles. The van der Waals surface area contributed by atoms with Crippen molar-refractivity contribution in [2.24, 2.45) is 0 Å². The highest BCUT2D eigenvalue weighted by atomic mass is 35.5. The molecular formula is C7H4ClF2N3O3. The van der Waals surface area contributed by atoms with Crippen LogP contribution in [0.15, 0.2) is 12.1 Å². The van der Waals surface area contributed by atoms with Gasteiger partial charge in [-0.15, -0.1) is 0 Å². The zero-order valence-electron chi connectivity index (χ0n) is 7.49. The lowest BCUT2D eigenvalue weighted by molar-refractivity contribution is -0.384. The zero-order chi connectivity index (χ0) is 12.3. The highest BCUT2D eigenvalue weighted by molar-refractivity contribution is 6.29. The molecule has 0 aliphatic rings. The summed E-state index contributed by atoms with van der Waals surface area (Å²) in [5.41, 5.74) is -0.613. The first-order chi connectivity index (χ1) is 7.41. The third-order valence-corrected chi connectivity index (χ3v) is 1.69. The number of nitrogens with zero attached hydrogens (tertiary/aromatic N) is 2. The number of alkyl halides is 2. The van der Waals surface area contributed by atoms with E-state index in [1.807, 2.05) is 0 Å². The van der Waals surface area contributed by atoms with E-state index < -0.39 is 28.8 Å². The van der Waals surface area contributed by atoms with Crippen molar-refractivity contribution in [2.45, 2.75) is 6.43 Å². The minimum absolute atomic E-state index is 0.157. The molecule has 1 aromatic heterocycles. The van der Waals surface area contributed by atoms with Gasteiger partial charge in [-0.05, 0) is 6.07 Å². The maximum atomic E-state index is 11.9. The van der Waals surface area contributed by atoms with Crippen molar-refractivity contribution >= 4 is 29.0 Å². The summed E-state index contributed by atoms with van der Waals surface area (Å²) in [5, 5.41) is 11.9. The third kappa shape index (κ3) is 2.83. The number of pyridine rings is 1. The Morgan fingerprint density at radius 2 is 2.19 bits per heavy atom. The molecule has 1 aromatic rings. The van der Waals surface area contributed by atoms with Crippen molar-refractivity contribution in [3.63, 3.8) is 0 Å². The van der Waals surface area contributed by atoms with Gasteiger partial charge >= 0.3 is 12.1 Å². The lowest BCUT2D eigenvalue weighted by atomic mass is 10.4. The summed E-state index contributed by atoms with van der Waals surface area (Å²) in [7, 11) is 0. The van der Waals surface area contributed by atoms with Gasteiger partial charge in [0.05, 0.1) is 4.92 Å². The second kappa shape index (κ2) is 4.79. The van der Waals surface area contributed by atoms with Crippen LogP contribution in [0.5, 0.6) is 0 Å². The van der Waals surface area contributed by atoms with E-state index in [1.165, 1.54) is 0 Å². The van der Waals surface area contributed by atoms with Crippen molar-refractivity contribution in [3.05, 3.63) is 27.4 Å². The maximum absolute atomic E-state index is 11.9. The molecule has 9 heteroatoms. The van der Waals surface area contributed by atoms with Gasteiger partial charge in [-0.2, -0.15) is 8.78 Å². The number of amides is 1. The van der Waals surface area contributed by atoms with E-state index in [1.54, 1.807) is 5.32 Å². The molecule has 16 heavy (non-hydrogen) atoms. The van der Waals surface area contributed by atoms with Gasteiger partial charge < -0.3 is 0 Å². The standard InChI is InChI=1S/C7H4ClF2N3O3/c8-4-2-1-3(13(15)16)6(11-4)12-7(14)5(9)10/h1-2,5H,(H,11,12,14). The summed E-state index contributed by atoms with van der Waals surface area (Å²) < 4.78 is 23.8. The summed E-state index contributed by atoms with van der Waals surface area (Å²) in [4.78, 5) is 23.6. The van der Waals surface area contributed by atoms with Crippen LogP contribution >= 0.6 is 11.6 Å². The Balaban J connectivity index is 3.06. The highest BCUT2D eigenvalue weighted by Gasteiger charge is 2.22. The Kier molecular flexibility index (Phi) is 3.67. The van der Waals surface area contributed by atoms with Gasteiger partial charge in [0, 0.05) is 6.07 Å². The van der Waals surface area contributed by atoms with Gasteiger partial charge in [0.15, 0.2) is 0 Å². The van der Waals surface area contributed by atoms with Gasteiger partial charge in [-0.25, -0.2) is 4.98 Å². The van der Waals surface area contributed by atoms with Crippen LogP contribution in [0.25, 0.3) is 0 Å². The van der Waals surface area contributed by atoms with Gasteiger partial charge in [-0.1, -0.05) is 11.6 Å². The molecule has 0 radical (unpaired) electrons. The normalized spacial score (nSPS) is 10.2. The fraction of sp³-hybridized carbons (Fsp3) is 0.143. The highest BCUT2D eigenvalue weighted by Crippen LogP contribution is 2.24. The van der Waals surface area contributed by atoms with Crippen LogP contribution in [0.1, 0.15) is 0 Å². The van der Waals surface area contributed by atoms with E-state index in [2.05, 4.69) is 4.98 Å². The van der Waals surface area contributed by atoms with E-state index in [4.69, 9.17) is 11.6 Å². The summed E-state index contributed by atoms with van der Waals surface area (Å²) in [5.74, 6) is -2.29. The number of hydrogen-bond acceptors (Lipinski definition) is 4. The Hall–Kier alpha value is -1.83. The molecule has 0 aliphatic carbocycles. The van der Waals surface area contributed by atoms with Crippen molar-refractivity contribution in [3.8, 4) is 0 Å². The second-order valence-corrected chi connectivity index (χ2v) is 2.94. The minimum Gasteiger partial charge on any atom is -0.300 e. The number of anilines is 1. The largest absolute Gasteiger partial charge is 0.315 e. The summed E-state index contributed by atoms with van der Waals surface area (Å²) in [6.45, 7) is 0. The maximum Gasteiger partial charge on any atom is 0.315 e. The molecule has 0 spiro atoms. The van der Waals surface area contributed by atoms with E-state index in [0.717, 1.165) is 12.1 Å². The third-order valence-electron chi connectivity index (χ3n) is 1.48. The number of halogens is 3. The summed E-state index contributed by atoms with van der Waals surface area (Å²) in [6, 6.07) is 2.06. The van der Waals surface area contributed by atoms with Crippen LogP contribution in [0.3, 0.4) is 0 Å². The number of rotatable bonds is 3. The van der Waals surface area contributed by atoms with E-state index in [0.29, 0.717) is 0 Å². The smallest absolute Gasteiger partial charge is 0.300 e. The number of aromatic nitrogens is 1. The molecule has 86 valence electrons. The molecule has 0 bridgehead atoms. The number of carbonyl (C=O) groups excluding carboxylic acids is 1. The topological polar surface area (TPSA) is 85.1 Å². The van der Waals surface area contributed by atoms with Crippen LogP contribution in [-0.4, -0.2) is 22.2 Å². The predicted octanol–water partition coefficient (Wildman–Crippen LogP) is 1.85. The second-order valence-electron chi connectivity index (χ2n) is 2.55. The molecule has 0 aromatic carbocycles. The molecule has 0 unspecified atom stereocenters. The molecule has 0 saturated carbocycles. The van der Waals surface area contributed by atoms with Crippen molar-refractivity contribution in [1.29, 1.82) is 0 Å². The van der Waals surface area contributed by atoms with E-state index in [9.17, 15) is 23.7 Å². The fourth-order valence-electron chi connectivity index (χ4n) is 0.839. The number of nitrogens with one attached hydrogen (secondary N) is 1. The van der Waals surface area contributed by atoms with Crippen LogP contribution in [-0.2, 0) is 4.79 Å². The number of hydrogen-bond donors (Lipinski definition) is 1. The average molecular weight is 252 g/mol. The van der Waals surface area contributed by atoms with Crippen molar-refractivity contribution < 1.29 is 18.5 Å². The van der Waals surface area contributed by atoms with E-state index >= 15 is 0 Å². The average Bonchev–Trinajstić information content (AvgIpc) is 2.16. The zero-order valence-corrected chi connectivity index (χ0v) is 8.24. The molecule has 1 amide bonds. The number of nitro groups is 1. The molecule has 0 fully saturated rings. The molecule has 0 atom stereocenters. The molecule has 6 nitrogen and oxygen atoms in total. The summed E-state index contributed by atoms with van der Waals surface area (Å²) in [6.07, 6.45) is -3.29. The monoisotopic (exact) mass is 251 g/mol. The van der Waals surface area contributed by atoms with Gasteiger partial charge in [0.1, 0.15) is 5.15 Å². The first kappa shape index (κ1) is 12.2. The van der Waals surface area contributed by atoms with Gasteiger partial charge in [0.25, 0.3) is 5.91 Å². The van der Waals surface area contributed by atoms with Crippen LogP contribution < -0.4 is 5.32 Å². The first-order valence-electron chi connectivity index (χ1n) is 3.81. The van der Waals surface area contributed by atoms with Crippen LogP contribution in [0.2, 0.25) is 5.15 Å². The molecule has 1 rings (SSSR count). The van der Waals surface area contributed by atoms with Gasteiger partial charge in [-0.3, -0.25) is 20.2 Å². The molecule has 0 aliphatic heterocycles. The van der Waals surface area contributed by atoms with Crippen molar-refractivity contribution in [2.75, 3.05) is 5.32 Å². The SMILES string of the molecule is O=C(Nc1nc(Cl)ccc1[N+](=O)[O-])C(F)F. The molecule has 1 N–H and O–H groups in total. The van der Waals surface area contributed by atoms with Crippen molar-refractivity contribution in [1.82, 2.24) is 4.98 Å². The van der Waals surface area contributed by atoms with Crippen LogP contribution in [0.4, 0.5) is 20.3 Å². The Bertz CT molecular complexity index is 441. The number of carbonyl (C=O) groups is 1. The Morgan fingerprint density at radius 1 is 1.56 bits per heavy atom. The Labute approximate surface area is 92.4 Å². The molecule has 0 saturated heterocycles. The lowest BCUT2D eigenvalue weighted by Crippen LogP contribution is -2.21. The van der Waals surface area contributed by atoms with Gasteiger partial charge in [0.2, 0.25) is 5.82 Å². The Morgan fingerprint density at radius 3 is 2.69 bits per heavy atom. The van der Waals surface area contributed by atoms with Crippen LogP contribution in [0, 0.1) is 10.1 Å². The minimum atomic E-state index is -3.29. The van der Waals surface area contributed by atoms with E-state index in [-0.39, 0.29) is 5.15 Å². The first-order valence-corrected chi connectivity index (χ1v) is 4.19. The lowest BCUT2D eigenvalue weighted by Gasteiger charge is -2.04. The predicted molar refractivity (Wildman–Crippen MR) is 50.5 cm³/mol. The fourth-order valence-corrected chi connectivity index (χ4v) is 0.986. The molecular weight excluding hydrogens is 248 g/mol. The quantitative estimate of drug-likeness (QED) is 0.505. The summed E-state index contributed by atoms with van der Waals surface area (Å²) >= 11 is 5.41.